The van der Waals surface area contributed by atoms with Gasteiger partial charge in [0.15, 0.2) is 11.5 Å². The molecule has 0 radical (unpaired) electrons. The first-order valence-electron chi connectivity index (χ1n) is 10.9. The molecule has 36 heavy (non-hydrogen) atoms. The molecule has 188 valence electrons. The van der Waals surface area contributed by atoms with Crippen molar-refractivity contribution in [3.63, 3.8) is 0 Å². The molecule has 0 unspecified atom stereocenters. The van der Waals surface area contributed by atoms with E-state index in [2.05, 4.69) is 15.8 Å². The predicted octanol–water partition coefficient (Wildman–Crippen LogP) is 4.40. The minimum absolute atomic E-state index is 0.272. The van der Waals surface area contributed by atoms with Gasteiger partial charge in [-0.15, -0.1) is 0 Å². The van der Waals surface area contributed by atoms with Crippen LogP contribution in [0, 0.1) is 0 Å². The zero-order valence-corrected chi connectivity index (χ0v) is 21.2. The lowest BCUT2D eigenvalue weighted by molar-refractivity contribution is -0.139. The largest absolute Gasteiger partial charge is 0.493 e. The van der Waals surface area contributed by atoms with Crippen LogP contribution < -0.4 is 25.0 Å². The van der Waals surface area contributed by atoms with Gasteiger partial charge in [-0.3, -0.25) is 9.59 Å². The van der Waals surface area contributed by atoms with Gasteiger partial charge in [0, 0.05) is 22.2 Å². The third-order valence-corrected chi connectivity index (χ3v) is 5.61. The zero-order valence-electron chi connectivity index (χ0n) is 19.7. The predicted molar refractivity (Wildman–Crippen MR) is 139 cm³/mol. The van der Waals surface area contributed by atoms with Gasteiger partial charge in [-0.05, 0) is 66.1 Å². The standard InChI is InChI=1S/C26H25Cl2N3O5/c1-34-23-10-5-17(13-24(23)35-2)11-12-29-25(32)26(33)31-30-15-18-3-8-21(9-4-18)36-16-19-6-7-20(27)14-22(19)28/h3-10,13-15H,11-12,16H2,1-2H3,(H,29,32)(H,31,33)/b30-15-. The second-order valence-electron chi connectivity index (χ2n) is 7.49. The van der Waals surface area contributed by atoms with E-state index in [1.807, 2.05) is 12.1 Å². The van der Waals surface area contributed by atoms with E-state index in [0.717, 1.165) is 11.1 Å². The Morgan fingerprint density at radius 2 is 1.67 bits per heavy atom. The molecular formula is C26H25Cl2N3O5. The van der Waals surface area contributed by atoms with Gasteiger partial charge in [-0.2, -0.15) is 5.10 Å². The van der Waals surface area contributed by atoms with Crippen LogP contribution in [0.25, 0.3) is 0 Å². The fourth-order valence-corrected chi connectivity index (χ4v) is 3.57. The fraction of sp³-hybridized carbons (Fsp3) is 0.192. The Hall–Kier alpha value is -3.75. The van der Waals surface area contributed by atoms with Gasteiger partial charge in [-0.25, -0.2) is 5.43 Å². The van der Waals surface area contributed by atoms with E-state index in [-0.39, 0.29) is 6.54 Å². The number of rotatable bonds is 10. The van der Waals surface area contributed by atoms with E-state index >= 15 is 0 Å². The normalized spacial score (nSPS) is 10.7. The molecule has 10 heteroatoms. The molecule has 3 rings (SSSR count). The quantitative estimate of drug-likeness (QED) is 0.230. The van der Waals surface area contributed by atoms with Gasteiger partial charge >= 0.3 is 11.8 Å². The summed E-state index contributed by atoms with van der Waals surface area (Å²) in [7, 11) is 3.11. The van der Waals surface area contributed by atoms with Crippen molar-refractivity contribution in [2.75, 3.05) is 20.8 Å². The van der Waals surface area contributed by atoms with E-state index in [9.17, 15) is 9.59 Å². The summed E-state index contributed by atoms with van der Waals surface area (Å²) in [6.07, 6.45) is 1.94. The third-order valence-electron chi connectivity index (χ3n) is 5.02. The molecular weight excluding hydrogens is 505 g/mol. The van der Waals surface area contributed by atoms with E-state index in [1.54, 1.807) is 62.8 Å². The molecule has 3 aromatic carbocycles. The van der Waals surface area contributed by atoms with Crippen LogP contribution in [0.15, 0.2) is 65.8 Å². The van der Waals surface area contributed by atoms with Crippen molar-refractivity contribution in [1.82, 2.24) is 10.7 Å². The molecule has 2 N–H and O–H groups in total. The first kappa shape index (κ1) is 26.8. The molecule has 0 spiro atoms. The maximum Gasteiger partial charge on any atom is 0.329 e. The highest BCUT2D eigenvalue weighted by Crippen LogP contribution is 2.27. The molecule has 0 aliphatic rings. The highest BCUT2D eigenvalue weighted by atomic mass is 35.5. The molecule has 0 bridgehead atoms. The van der Waals surface area contributed by atoms with Crippen molar-refractivity contribution in [3.05, 3.63) is 87.4 Å². The number of halogens is 2. The molecule has 0 saturated heterocycles. The van der Waals surface area contributed by atoms with Gasteiger partial charge in [0.1, 0.15) is 12.4 Å². The molecule has 0 aromatic heterocycles. The topological polar surface area (TPSA) is 98.2 Å². The van der Waals surface area contributed by atoms with Crippen LogP contribution in [0.3, 0.4) is 0 Å². The second-order valence-corrected chi connectivity index (χ2v) is 8.33. The van der Waals surface area contributed by atoms with Crippen molar-refractivity contribution < 1.29 is 23.8 Å². The number of methoxy groups -OCH3 is 2. The van der Waals surface area contributed by atoms with E-state index in [1.165, 1.54) is 6.21 Å². The number of hydrogen-bond donors (Lipinski definition) is 2. The minimum atomic E-state index is -0.863. The molecule has 3 aromatic rings. The van der Waals surface area contributed by atoms with Crippen molar-refractivity contribution in [1.29, 1.82) is 0 Å². The van der Waals surface area contributed by atoms with E-state index in [4.69, 9.17) is 37.4 Å². The lowest BCUT2D eigenvalue weighted by Gasteiger charge is -2.10. The smallest absolute Gasteiger partial charge is 0.329 e. The summed E-state index contributed by atoms with van der Waals surface area (Å²) in [6, 6.07) is 17.7. The molecule has 0 atom stereocenters. The Morgan fingerprint density at radius 3 is 2.36 bits per heavy atom. The van der Waals surface area contributed by atoms with Crippen LogP contribution in [0.5, 0.6) is 17.2 Å². The molecule has 0 heterocycles. The Labute approximate surface area is 219 Å². The molecule has 0 saturated carbocycles. The van der Waals surface area contributed by atoms with Crippen LogP contribution in [0.2, 0.25) is 10.0 Å². The number of amides is 2. The Kier molecular flexibility index (Phi) is 9.97. The minimum Gasteiger partial charge on any atom is -0.493 e. The van der Waals surface area contributed by atoms with Crippen LogP contribution >= 0.6 is 23.2 Å². The van der Waals surface area contributed by atoms with Crippen LogP contribution in [-0.2, 0) is 22.6 Å². The number of ether oxygens (including phenoxy) is 3. The maximum atomic E-state index is 12.0. The number of nitrogens with one attached hydrogen (secondary N) is 2. The summed E-state index contributed by atoms with van der Waals surface area (Å²) in [5.41, 5.74) is 4.66. The maximum absolute atomic E-state index is 12.0. The second kappa shape index (κ2) is 13.4. The van der Waals surface area contributed by atoms with Gasteiger partial charge < -0.3 is 19.5 Å². The number of nitrogens with zero attached hydrogens (tertiary/aromatic N) is 1. The average molecular weight is 530 g/mol. The van der Waals surface area contributed by atoms with Crippen molar-refractivity contribution >= 4 is 41.2 Å². The molecule has 2 amide bonds. The van der Waals surface area contributed by atoms with Crippen LogP contribution in [-0.4, -0.2) is 38.8 Å². The first-order chi connectivity index (χ1) is 17.4. The monoisotopic (exact) mass is 529 g/mol. The summed E-state index contributed by atoms with van der Waals surface area (Å²) in [5.74, 6) is 0.207. The first-order valence-corrected chi connectivity index (χ1v) is 11.6. The number of benzene rings is 3. The number of hydrazone groups is 1. The van der Waals surface area contributed by atoms with Crippen LogP contribution in [0.4, 0.5) is 0 Å². The summed E-state index contributed by atoms with van der Waals surface area (Å²) in [4.78, 5) is 24.0. The SMILES string of the molecule is COc1ccc(CCNC(=O)C(=O)N/N=C\c2ccc(OCc3ccc(Cl)cc3Cl)cc2)cc1OC. The lowest BCUT2D eigenvalue weighted by Crippen LogP contribution is -2.38. The lowest BCUT2D eigenvalue weighted by atomic mass is 10.1. The summed E-state index contributed by atoms with van der Waals surface area (Å²) >= 11 is 12.0. The van der Waals surface area contributed by atoms with Crippen molar-refractivity contribution in [2.24, 2.45) is 5.10 Å². The fourth-order valence-electron chi connectivity index (χ4n) is 3.10. The molecule has 8 nitrogen and oxygen atoms in total. The summed E-state index contributed by atoms with van der Waals surface area (Å²) in [5, 5.41) is 7.48. The Morgan fingerprint density at radius 1 is 0.917 bits per heavy atom. The Balaban J connectivity index is 1.41. The van der Waals surface area contributed by atoms with Gasteiger partial charge in [0.25, 0.3) is 0 Å². The Bertz CT molecular complexity index is 1230. The van der Waals surface area contributed by atoms with Crippen molar-refractivity contribution in [3.8, 4) is 17.2 Å². The molecule has 0 fully saturated rings. The van der Waals surface area contributed by atoms with Crippen LogP contribution in [0.1, 0.15) is 16.7 Å². The molecule has 0 aliphatic carbocycles. The van der Waals surface area contributed by atoms with Gasteiger partial charge in [-0.1, -0.05) is 35.3 Å². The van der Waals surface area contributed by atoms with E-state index in [0.29, 0.717) is 45.9 Å². The number of hydrogen-bond acceptors (Lipinski definition) is 6. The zero-order chi connectivity index (χ0) is 25.9. The van der Waals surface area contributed by atoms with Crippen molar-refractivity contribution in [2.45, 2.75) is 13.0 Å². The number of carbonyl (C=O) groups is 2. The number of carbonyl (C=O) groups excluding carboxylic acids is 2. The highest BCUT2D eigenvalue weighted by Gasteiger charge is 2.12. The van der Waals surface area contributed by atoms with Gasteiger partial charge in [0.05, 0.1) is 20.4 Å². The highest BCUT2D eigenvalue weighted by molar-refractivity contribution is 6.35. The third kappa shape index (κ3) is 7.90. The van der Waals surface area contributed by atoms with Gasteiger partial charge in [0.2, 0.25) is 0 Å². The summed E-state index contributed by atoms with van der Waals surface area (Å²) < 4.78 is 16.2. The van der Waals surface area contributed by atoms with E-state index < -0.39 is 11.8 Å². The molecule has 0 aliphatic heterocycles. The average Bonchev–Trinajstić information content (AvgIpc) is 2.88. The summed E-state index contributed by atoms with van der Waals surface area (Å²) in [6.45, 7) is 0.564.